The predicted octanol–water partition coefficient (Wildman–Crippen LogP) is 1.01. The van der Waals surface area contributed by atoms with Gasteiger partial charge in [-0.25, -0.2) is 13.2 Å². The van der Waals surface area contributed by atoms with Crippen LogP contribution in [0.3, 0.4) is 0 Å². The highest BCUT2D eigenvalue weighted by molar-refractivity contribution is 7.91. The minimum Gasteiger partial charge on any atom is -0.467 e. The van der Waals surface area contributed by atoms with E-state index in [1.165, 1.54) is 13.2 Å². The van der Waals surface area contributed by atoms with Gasteiger partial charge in [0.05, 0.1) is 17.8 Å². The molecule has 0 bridgehead atoms. The van der Waals surface area contributed by atoms with Crippen LogP contribution < -0.4 is 5.32 Å². The van der Waals surface area contributed by atoms with Gasteiger partial charge in [0, 0.05) is 12.1 Å². The lowest BCUT2D eigenvalue weighted by molar-refractivity contribution is -0.149. The zero-order valence-corrected chi connectivity index (χ0v) is 12.1. The van der Waals surface area contributed by atoms with Crippen LogP contribution in [0.1, 0.15) is 12.0 Å². The first kappa shape index (κ1) is 14.7. The monoisotopic (exact) mass is 295 g/mol. The second-order valence-electron chi connectivity index (χ2n) is 4.63. The third-order valence-corrected chi connectivity index (χ3v) is 5.28. The molecule has 0 saturated carbocycles. The van der Waals surface area contributed by atoms with Gasteiger partial charge in [0.15, 0.2) is 9.84 Å². The Balaban J connectivity index is 2.64. The molecule has 1 unspecified atom stereocenters. The van der Waals surface area contributed by atoms with Gasteiger partial charge in [-0.1, -0.05) is 24.3 Å². The van der Waals surface area contributed by atoms with E-state index >= 15 is 0 Å². The van der Waals surface area contributed by atoms with Crippen LogP contribution >= 0.6 is 0 Å². The maximum Gasteiger partial charge on any atom is 0.330 e. The van der Waals surface area contributed by atoms with Crippen molar-refractivity contribution in [1.29, 1.82) is 0 Å². The smallest absolute Gasteiger partial charge is 0.330 e. The van der Waals surface area contributed by atoms with Crippen molar-refractivity contribution in [2.45, 2.75) is 16.9 Å². The van der Waals surface area contributed by atoms with Gasteiger partial charge < -0.3 is 4.74 Å². The highest BCUT2D eigenvalue weighted by Crippen LogP contribution is 2.37. The van der Waals surface area contributed by atoms with Gasteiger partial charge in [0.1, 0.15) is 5.54 Å². The molecular weight excluding hydrogens is 278 g/mol. The number of nitrogens with one attached hydrogen (secondary N) is 1. The summed E-state index contributed by atoms with van der Waals surface area (Å²) in [7, 11) is -2.06. The fourth-order valence-electron chi connectivity index (χ4n) is 2.51. The van der Waals surface area contributed by atoms with Crippen LogP contribution in [0.25, 0.3) is 0 Å². The van der Waals surface area contributed by atoms with E-state index in [1.807, 2.05) is 0 Å². The predicted molar refractivity (Wildman–Crippen MR) is 75.0 cm³/mol. The molecule has 1 aromatic carbocycles. The zero-order valence-electron chi connectivity index (χ0n) is 11.3. The largest absolute Gasteiger partial charge is 0.467 e. The molecule has 1 heterocycles. The number of carbonyl (C=O) groups is 1. The number of rotatable bonds is 4. The number of hydrogen-bond acceptors (Lipinski definition) is 5. The summed E-state index contributed by atoms with van der Waals surface area (Å²) in [6.07, 6.45) is 1.77. The minimum absolute atomic E-state index is 0.0940. The first-order valence-electron chi connectivity index (χ1n) is 6.24. The molecule has 1 atom stereocenters. The third-order valence-electron chi connectivity index (χ3n) is 3.51. The van der Waals surface area contributed by atoms with E-state index in [1.54, 1.807) is 24.3 Å². The molecule has 0 aromatic heterocycles. The molecule has 20 heavy (non-hydrogen) atoms. The van der Waals surface area contributed by atoms with E-state index in [-0.39, 0.29) is 17.1 Å². The Morgan fingerprint density at radius 1 is 1.50 bits per heavy atom. The normalized spacial score (nSPS) is 23.6. The molecule has 1 aliphatic rings. The number of sulfone groups is 1. The maximum absolute atomic E-state index is 12.3. The highest BCUT2D eigenvalue weighted by atomic mass is 32.2. The van der Waals surface area contributed by atoms with Gasteiger partial charge in [-0.05, 0) is 12.5 Å². The van der Waals surface area contributed by atoms with Crippen molar-refractivity contribution >= 4 is 15.8 Å². The summed E-state index contributed by atoms with van der Waals surface area (Å²) >= 11 is 0. The summed E-state index contributed by atoms with van der Waals surface area (Å²) in [6.45, 7) is 3.99. The molecule has 108 valence electrons. The van der Waals surface area contributed by atoms with Crippen LogP contribution in [0.4, 0.5) is 0 Å². The third kappa shape index (κ3) is 2.25. The van der Waals surface area contributed by atoms with Crippen LogP contribution in [0, 0.1) is 0 Å². The van der Waals surface area contributed by atoms with Crippen molar-refractivity contribution in [3.63, 3.8) is 0 Å². The molecule has 6 heteroatoms. The van der Waals surface area contributed by atoms with Crippen LogP contribution in [0.15, 0.2) is 41.8 Å². The first-order valence-corrected chi connectivity index (χ1v) is 7.90. The molecule has 0 aliphatic carbocycles. The molecule has 0 amide bonds. The Morgan fingerprint density at radius 2 is 2.20 bits per heavy atom. The number of esters is 1. The Bertz CT molecular complexity index is 638. The molecule has 0 radical (unpaired) electrons. The number of benzene rings is 1. The second kappa shape index (κ2) is 5.38. The number of ether oxygens (including phenoxy) is 1. The zero-order chi connectivity index (χ0) is 14.8. The molecule has 2 rings (SSSR count). The summed E-state index contributed by atoms with van der Waals surface area (Å²) < 4.78 is 29.2. The summed E-state index contributed by atoms with van der Waals surface area (Å²) in [6, 6.07) is 6.54. The molecule has 1 N–H and O–H groups in total. The Kier molecular flexibility index (Phi) is 3.96. The lowest BCUT2D eigenvalue weighted by Crippen LogP contribution is -2.53. The first-order chi connectivity index (χ1) is 9.48. The highest BCUT2D eigenvalue weighted by Gasteiger charge is 2.48. The molecule has 1 aliphatic heterocycles. The Labute approximate surface area is 118 Å². The molecule has 0 saturated heterocycles. The van der Waals surface area contributed by atoms with Crippen molar-refractivity contribution < 1.29 is 17.9 Å². The van der Waals surface area contributed by atoms with Crippen LogP contribution in [0.5, 0.6) is 0 Å². The van der Waals surface area contributed by atoms with Gasteiger partial charge in [-0.15, -0.1) is 6.58 Å². The van der Waals surface area contributed by atoms with Crippen molar-refractivity contribution in [1.82, 2.24) is 5.32 Å². The number of fused-ring (bicyclic) bond motifs is 1. The van der Waals surface area contributed by atoms with Gasteiger partial charge in [-0.2, -0.15) is 0 Å². The Morgan fingerprint density at radius 3 is 2.85 bits per heavy atom. The van der Waals surface area contributed by atoms with Gasteiger partial charge >= 0.3 is 5.97 Å². The summed E-state index contributed by atoms with van der Waals surface area (Å²) in [5.74, 6) is -0.579. The number of hydrogen-bond donors (Lipinski definition) is 1. The number of carbonyl (C=O) groups excluding carboxylic acids is 1. The van der Waals surface area contributed by atoms with Crippen molar-refractivity contribution in [3.05, 3.63) is 42.5 Å². The van der Waals surface area contributed by atoms with E-state index in [9.17, 15) is 13.2 Å². The van der Waals surface area contributed by atoms with Gasteiger partial charge in [-0.3, -0.25) is 5.32 Å². The van der Waals surface area contributed by atoms with Crippen molar-refractivity contribution in [2.75, 3.05) is 19.4 Å². The van der Waals surface area contributed by atoms with Crippen molar-refractivity contribution in [3.8, 4) is 0 Å². The lowest BCUT2D eigenvalue weighted by Gasteiger charge is -2.36. The number of methoxy groups -OCH3 is 1. The fraction of sp³-hybridized carbons (Fsp3) is 0.357. The van der Waals surface area contributed by atoms with E-state index in [4.69, 9.17) is 4.74 Å². The maximum atomic E-state index is 12.3. The quantitative estimate of drug-likeness (QED) is 0.663. The van der Waals surface area contributed by atoms with E-state index < -0.39 is 21.3 Å². The summed E-state index contributed by atoms with van der Waals surface area (Å²) in [4.78, 5) is 12.4. The standard InChI is InChI=1S/C14H17NO4S/c1-3-9-15-14(13(16)19-2)8-10-20(17,18)12-7-5-4-6-11(12)14/h3-7,15H,1,8-10H2,2H3. The average Bonchev–Trinajstić information content (AvgIpc) is 2.46. The molecule has 5 nitrogen and oxygen atoms in total. The fourth-order valence-corrected chi connectivity index (χ4v) is 4.17. The van der Waals surface area contributed by atoms with Crippen molar-refractivity contribution in [2.24, 2.45) is 0 Å². The van der Waals surface area contributed by atoms with Crippen LogP contribution in [-0.4, -0.2) is 33.8 Å². The Hall–Kier alpha value is -1.66. The molecular formula is C14H17NO4S. The molecule has 1 aromatic rings. The summed E-state index contributed by atoms with van der Waals surface area (Å²) in [5, 5.41) is 3.07. The van der Waals surface area contributed by atoms with Crippen LogP contribution in [0.2, 0.25) is 0 Å². The topological polar surface area (TPSA) is 72.5 Å². The molecule has 0 fully saturated rings. The van der Waals surface area contributed by atoms with E-state index in [0.717, 1.165) is 0 Å². The lowest BCUT2D eigenvalue weighted by atomic mass is 9.86. The van der Waals surface area contributed by atoms with Gasteiger partial charge in [0.2, 0.25) is 0 Å². The van der Waals surface area contributed by atoms with Crippen LogP contribution in [-0.2, 0) is 24.9 Å². The second-order valence-corrected chi connectivity index (χ2v) is 6.71. The van der Waals surface area contributed by atoms with E-state index in [0.29, 0.717) is 12.1 Å². The molecule has 0 spiro atoms. The SMILES string of the molecule is C=CCNC1(C(=O)OC)CCS(=O)(=O)c2ccccc21. The minimum atomic E-state index is -3.35. The average molecular weight is 295 g/mol. The summed E-state index contributed by atoms with van der Waals surface area (Å²) in [5.41, 5.74) is -0.690. The van der Waals surface area contributed by atoms with E-state index in [2.05, 4.69) is 11.9 Å². The van der Waals surface area contributed by atoms with Gasteiger partial charge in [0.25, 0.3) is 0 Å².